The molecule has 0 spiro atoms. The normalized spacial score (nSPS) is 52.9. The maximum Gasteiger partial charge on any atom is 0.0508 e. The lowest BCUT2D eigenvalue weighted by atomic mass is 9.76. The monoisotopic (exact) mass is 130 g/mol. The van der Waals surface area contributed by atoms with Gasteiger partial charge in [0.2, 0.25) is 0 Å². The topological polar surface area (TPSA) is 9.23 Å². The van der Waals surface area contributed by atoms with Crippen molar-refractivity contribution in [2.24, 2.45) is 11.8 Å². The summed E-state index contributed by atoms with van der Waals surface area (Å²) in [5, 5.41) is 0.655. The first-order chi connectivity index (χ1) is 3.88. The third-order valence-electron chi connectivity index (χ3n) is 2.29. The van der Waals surface area contributed by atoms with Crippen LogP contribution >= 0.6 is 12.6 Å². The fraction of sp³-hybridized carbons (Fsp3) is 1.00. The van der Waals surface area contributed by atoms with E-state index in [1.165, 1.54) is 6.42 Å². The molecule has 0 aromatic heterocycles. The molecule has 2 heteroatoms. The molecule has 1 unspecified atom stereocenters. The Morgan fingerprint density at radius 1 is 1.38 bits per heavy atom. The van der Waals surface area contributed by atoms with Gasteiger partial charge in [0.15, 0.2) is 0 Å². The van der Waals surface area contributed by atoms with Crippen LogP contribution in [0.25, 0.3) is 0 Å². The van der Waals surface area contributed by atoms with Gasteiger partial charge in [0.25, 0.3) is 0 Å². The average molecular weight is 130 g/mol. The summed E-state index contributed by atoms with van der Waals surface area (Å²) < 4.78 is 5.25. The van der Waals surface area contributed by atoms with Gasteiger partial charge in [-0.25, -0.2) is 0 Å². The molecule has 3 atom stereocenters. The zero-order chi connectivity index (χ0) is 5.56. The highest BCUT2D eigenvalue weighted by Gasteiger charge is 2.42. The predicted molar refractivity (Wildman–Crippen MR) is 35.2 cm³/mol. The second kappa shape index (κ2) is 1.64. The molecule has 1 nitrogen and oxygen atoms in total. The van der Waals surface area contributed by atoms with E-state index in [4.69, 9.17) is 4.74 Å². The molecule has 1 saturated heterocycles. The fourth-order valence-electron chi connectivity index (χ4n) is 1.57. The number of ether oxygens (including phenoxy) is 1. The Labute approximate surface area is 54.8 Å². The van der Waals surface area contributed by atoms with Gasteiger partial charge < -0.3 is 4.74 Å². The molecule has 2 aliphatic rings. The average Bonchev–Trinajstić information content (AvgIpc) is 2.09. The van der Waals surface area contributed by atoms with Crippen LogP contribution in [0, 0.1) is 11.8 Å². The number of thiol groups is 1. The highest BCUT2D eigenvalue weighted by atomic mass is 32.1. The molecule has 0 amide bonds. The number of fused-ring (bicyclic) bond motifs is 1. The molecule has 46 valence electrons. The first kappa shape index (κ1) is 5.12. The van der Waals surface area contributed by atoms with Gasteiger partial charge in [-0.1, -0.05) is 0 Å². The van der Waals surface area contributed by atoms with Crippen molar-refractivity contribution in [3.63, 3.8) is 0 Å². The van der Waals surface area contributed by atoms with Crippen LogP contribution in [0.4, 0.5) is 0 Å². The molecule has 0 aromatic carbocycles. The molecule has 0 bridgehead atoms. The standard InChI is InChI=1S/C6H10OS/c8-6-1-4-2-7-3-5(4)6/h4-6,8H,1-3H2/t4-,5+,6?/m1/s1. The van der Waals surface area contributed by atoms with Gasteiger partial charge in [-0.2, -0.15) is 12.6 Å². The van der Waals surface area contributed by atoms with Crippen LogP contribution in [0.3, 0.4) is 0 Å². The number of hydrogen-bond acceptors (Lipinski definition) is 2. The lowest BCUT2D eigenvalue weighted by Gasteiger charge is -2.34. The van der Waals surface area contributed by atoms with Crippen molar-refractivity contribution in [1.82, 2.24) is 0 Å². The summed E-state index contributed by atoms with van der Waals surface area (Å²) in [7, 11) is 0. The Hall–Kier alpha value is 0.310. The first-order valence-electron chi connectivity index (χ1n) is 3.14. The first-order valence-corrected chi connectivity index (χ1v) is 3.65. The Morgan fingerprint density at radius 2 is 2.25 bits per heavy atom. The Morgan fingerprint density at radius 3 is 2.75 bits per heavy atom. The molecule has 2 fully saturated rings. The summed E-state index contributed by atoms with van der Waals surface area (Å²) in [6, 6.07) is 0. The van der Waals surface area contributed by atoms with E-state index in [2.05, 4.69) is 12.6 Å². The van der Waals surface area contributed by atoms with Gasteiger partial charge in [0.1, 0.15) is 0 Å². The van der Waals surface area contributed by atoms with E-state index in [-0.39, 0.29) is 0 Å². The summed E-state index contributed by atoms with van der Waals surface area (Å²) in [5.74, 6) is 1.68. The largest absolute Gasteiger partial charge is 0.381 e. The second-order valence-electron chi connectivity index (χ2n) is 2.76. The Bertz CT molecular complexity index is 105. The SMILES string of the molecule is SC1C[C@@H]2COC[C@H]12. The minimum Gasteiger partial charge on any atom is -0.381 e. The van der Waals surface area contributed by atoms with Gasteiger partial charge in [0.05, 0.1) is 6.61 Å². The van der Waals surface area contributed by atoms with E-state index < -0.39 is 0 Å². The maximum atomic E-state index is 5.25. The highest BCUT2D eigenvalue weighted by molar-refractivity contribution is 7.81. The van der Waals surface area contributed by atoms with Crippen molar-refractivity contribution >= 4 is 12.6 Å². The minimum atomic E-state index is 0.655. The van der Waals surface area contributed by atoms with Crippen molar-refractivity contribution in [2.45, 2.75) is 11.7 Å². The van der Waals surface area contributed by atoms with E-state index in [9.17, 15) is 0 Å². The summed E-state index contributed by atoms with van der Waals surface area (Å²) in [6.45, 7) is 1.97. The third kappa shape index (κ3) is 0.531. The quantitative estimate of drug-likeness (QED) is 0.480. The minimum absolute atomic E-state index is 0.655. The highest BCUT2D eigenvalue weighted by Crippen LogP contribution is 2.42. The fourth-order valence-corrected chi connectivity index (χ4v) is 2.17. The van der Waals surface area contributed by atoms with E-state index in [0.717, 1.165) is 25.0 Å². The molecule has 2 rings (SSSR count). The summed E-state index contributed by atoms with van der Waals surface area (Å²) in [5.41, 5.74) is 0. The Kier molecular flexibility index (Phi) is 1.05. The number of hydrogen-bond donors (Lipinski definition) is 1. The van der Waals surface area contributed by atoms with Crippen molar-refractivity contribution in [3.8, 4) is 0 Å². The van der Waals surface area contributed by atoms with Gasteiger partial charge in [-0.3, -0.25) is 0 Å². The van der Waals surface area contributed by atoms with Crippen LogP contribution in [0.15, 0.2) is 0 Å². The molecule has 0 N–H and O–H groups in total. The molecule has 0 aromatic rings. The van der Waals surface area contributed by atoms with Crippen molar-refractivity contribution < 1.29 is 4.74 Å². The maximum absolute atomic E-state index is 5.25. The molecule has 1 saturated carbocycles. The summed E-state index contributed by atoms with van der Waals surface area (Å²) in [4.78, 5) is 0. The van der Waals surface area contributed by atoms with Gasteiger partial charge >= 0.3 is 0 Å². The molecule has 8 heavy (non-hydrogen) atoms. The summed E-state index contributed by atoms with van der Waals surface area (Å²) >= 11 is 4.38. The zero-order valence-electron chi connectivity index (χ0n) is 4.71. The predicted octanol–water partition coefficient (Wildman–Crippen LogP) is 0.951. The van der Waals surface area contributed by atoms with Gasteiger partial charge in [-0.05, 0) is 18.3 Å². The molecular formula is C6H10OS. The van der Waals surface area contributed by atoms with E-state index in [0.29, 0.717) is 5.25 Å². The molecule has 1 aliphatic carbocycles. The smallest absolute Gasteiger partial charge is 0.0508 e. The molecule has 1 heterocycles. The van der Waals surface area contributed by atoms with Gasteiger partial charge in [0, 0.05) is 11.9 Å². The van der Waals surface area contributed by atoms with Crippen LogP contribution in [0.2, 0.25) is 0 Å². The lowest BCUT2D eigenvalue weighted by Crippen LogP contribution is -2.36. The van der Waals surface area contributed by atoms with E-state index in [1.54, 1.807) is 0 Å². The van der Waals surface area contributed by atoms with Crippen LogP contribution in [0.5, 0.6) is 0 Å². The van der Waals surface area contributed by atoms with Gasteiger partial charge in [-0.15, -0.1) is 0 Å². The van der Waals surface area contributed by atoms with Crippen LogP contribution in [-0.2, 0) is 4.74 Å². The van der Waals surface area contributed by atoms with Crippen molar-refractivity contribution in [3.05, 3.63) is 0 Å². The third-order valence-corrected chi connectivity index (χ3v) is 2.88. The van der Waals surface area contributed by atoms with Crippen molar-refractivity contribution in [2.75, 3.05) is 13.2 Å². The number of rotatable bonds is 0. The van der Waals surface area contributed by atoms with Crippen LogP contribution in [-0.4, -0.2) is 18.5 Å². The Balaban J connectivity index is 2.02. The molecule has 1 aliphatic heterocycles. The van der Waals surface area contributed by atoms with Crippen LogP contribution in [0.1, 0.15) is 6.42 Å². The van der Waals surface area contributed by atoms with Crippen LogP contribution < -0.4 is 0 Å². The van der Waals surface area contributed by atoms with E-state index >= 15 is 0 Å². The lowest BCUT2D eigenvalue weighted by molar-refractivity contribution is 0.187. The zero-order valence-corrected chi connectivity index (χ0v) is 5.60. The molecular weight excluding hydrogens is 120 g/mol. The molecule has 0 radical (unpaired) electrons. The summed E-state index contributed by atoms with van der Waals surface area (Å²) in [6.07, 6.45) is 1.29. The van der Waals surface area contributed by atoms with Crippen molar-refractivity contribution in [1.29, 1.82) is 0 Å². The second-order valence-corrected chi connectivity index (χ2v) is 3.43. The van der Waals surface area contributed by atoms with E-state index in [1.807, 2.05) is 0 Å².